The van der Waals surface area contributed by atoms with Gasteiger partial charge in [-0.05, 0) is 18.1 Å². The molecule has 1 saturated heterocycles. The van der Waals surface area contributed by atoms with E-state index in [2.05, 4.69) is 16.0 Å². The maximum absolute atomic E-state index is 12.8. The molecule has 1 aromatic rings. The average molecular weight is 388 g/mol. The van der Waals surface area contributed by atoms with Crippen LogP contribution in [0.1, 0.15) is 39.1 Å². The number of carbonyl (C=O) groups is 6. The maximum Gasteiger partial charge on any atom is 0.323 e. The van der Waals surface area contributed by atoms with Crippen LogP contribution < -0.4 is 16.0 Å². The molecule has 0 spiro atoms. The molecule has 0 saturated carbocycles. The molecule has 146 valence electrons. The standard InChI is InChI=1S/C17H16N4O7/c22-11-5-4-10(14(25)20-11)21-15(26)9-3-1-2-8(13(9)16(21)27)6-18-17(28)19-7-12(23)24/h1-3,10H,4-7H2,(H,23,24)(H2,18,19,28)(H,20,22,25). The summed E-state index contributed by atoms with van der Waals surface area (Å²) in [6.07, 6.45) is 0.0588. The highest BCUT2D eigenvalue weighted by molar-refractivity contribution is 6.24. The Morgan fingerprint density at radius 2 is 1.89 bits per heavy atom. The van der Waals surface area contributed by atoms with Crippen molar-refractivity contribution in [3.8, 4) is 0 Å². The lowest BCUT2D eigenvalue weighted by Crippen LogP contribution is -2.54. The molecule has 0 bridgehead atoms. The summed E-state index contributed by atoms with van der Waals surface area (Å²) in [6, 6.07) is 2.68. The van der Waals surface area contributed by atoms with Gasteiger partial charge in [0.2, 0.25) is 11.8 Å². The first kappa shape index (κ1) is 19.0. The van der Waals surface area contributed by atoms with Crippen LogP contribution in [0.5, 0.6) is 0 Å². The number of hydrogen-bond donors (Lipinski definition) is 4. The smallest absolute Gasteiger partial charge is 0.323 e. The van der Waals surface area contributed by atoms with Crippen LogP contribution in [0.4, 0.5) is 4.79 Å². The van der Waals surface area contributed by atoms with Gasteiger partial charge in [-0.25, -0.2) is 4.79 Å². The Kier molecular flexibility index (Phi) is 5.07. The van der Waals surface area contributed by atoms with Crippen LogP contribution in [0.25, 0.3) is 0 Å². The minimum Gasteiger partial charge on any atom is -0.480 e. The molecule has 0 aromatic heterocycles. The summed E-state index contributed by atoms with van der Waals surface area (Å²) in [6.45, 7) is -0.698. The highest BCUT2D eigenvalue weighted by atomic mass is 16.4. The van der Waals surface area contributed by atoms with Gasteiger partial charge in [-0.1, -0.05) is 12.1 Å². The zero-order chi connectivity index (χ0) is 20.4. The van der Waals surface area contributed by atoms with E-state index in [0.717, 1.165) is 4.90 Å². The Bertz CT molecular complexity index is 911. The van der Waals surface area contributed by atoms with E-state index < -0.39 is 48.2 Å². The number of fused-ring (bicyclic) bond motifs is 1. The molecule has 11 nitrogen and oxygen atoms in total. The van der Waals surface area contributed by atoms with Gasteiger partial charge >= 0.3 is 12.0 Å². The van der Waals surface area contributed by atoms with Gasteiger partial charge in [0.25, 0.3) is 11.8 Å². The number of amides is 6. The molecule has 2 aliphatic heterocycles. The predicted octanol–water partition coefficient (Wildman–Crippen LogP) is -1.03. The first-order valence-electron chi connectivity index (χ1n) is 8.36. The van der Waals surface area contributed by atoms with Crippen LogP contribution in [-0.4, -0.2) is 58.2 Å². The molecule has 2 aliphatic rings. The molecule has 4 N–H and O–H groups in total. The zero-order valence-electron chi connectivity index (χ0n) is 14.5. The first-order chi connectivity index (χ1) is 13.3. The lowest BCUT2D eigenvalue weighted by Gasteiger charge is -2.27. The summed E-state index contributed by atoms with van der Waals surface area (Å²) < 4.78 is 0. The average Bonchev–Trinajstić information content (AvgIpc) is 2.90. The second-order valence-corrected chi connectivity index (χ2v) is 6.22. The van der Waals surface area contributed by atoms with Crippen LogP contribution in [0.2, 0.25) is 0 Å². The number of nitrogens with one attached hydrogen (secondary N) is 3. The van der Waals surface area contributed by atoms with Crippen molar-refractivity contribution in [3.05, 3.63) is 34.9 Å². The van der Waals surface area contributed by atoms with E-state index >= 15 is 0 Å². The van der Waals surface area contributed by atoms with Gasteiger partial charge in [0.15, 0.2) is 0 Å². The van der Waals surface area contributed by atoms with Crippen molar-refractivity contribution >= 4 is 35.6 Å². The highest BCUT2D eigenvalue weighted by Crippen LogP contribution is 2.29. The van der Waals surface area contributed by atoms with Gasteiger partial charge in [-0.15, -0.1) is 0 Å². The number of hydrogen-bond acceptors (Lipinski definition) is 6. The fourth-order valence-electron chi connectivity index (χ4n) is 3.13. The molecule has 2 heterocycles. The molecular weight excluding hydrogens is 372 g/mol. The Labute approximate surface area is 158 Å². The Morgan fingerprint density at radius 1 is 1.14 bits per heavy atom. The second-order valence-electron chi connectivity index (χ2n) is 6.22. The molecule has 1 unspecified atom stereocenters. The third-order valence-corrected chi connectivity index (χ3v) is 4.39. The van der Waals surface area contributed by atoms with Gasteiger partial charge in [-0.2, -0.15) is 0 Å². The second kappa shape index (κ2) is 7.47. The van der Waals surface area contributed by atoms with E-state index in [-0.39, 0.29) is 30.5 Å². The molecule has 1 fully saturated rings. The van der Waals surface area contributed by atoms with E-state index in [1.807, 2.05) is 0 Å². The van der Waals surface area contributed by atoms with E-state index in [9.17, 15) is 28.8 Å². The molecule has 3 rings (SSSR count). The topological polar surface area (TPSA) is 162 Å². The number of nitrogens with zero attached hydrogens (tertiary/aromatic N) is 1. The highest BCUT2D eigenvalue weighted by Gasteiger charge is 2.45. The van der Waals surface area contributed by atoms with Crippen molar-refractivity contribution < 1.29 is 33.9 Å². The van der Waals surface area contributed by atoms with Gasteiger partial charge in [0.05, 0.1) is 11.1 Å². The Balaban J connectivity index is 1.78. The van der Waals surface area contributed by atoms with Crippen molar-refractivity contribution in [2.45, 2.75) is 25.4 Å². The summed E-state index contributed by atoms with van der Waals surface area (Å²) >= 11 is 0. The Hall–Kier alpha value is -3.76. The summed E-state index contributed by atoms with van der Waals surface area (Å²) in [5.74, 6) is -3.71. The molecule has 0 radical (unpaired) electrons. The van der Waals surface area contributed by atoms with Crippen molar-refractivity contribution in [2.75, 3.05) is 6.54 Å². The van der Waals surface area contributed by atoms with E-state index in [1.165, 1.54) is 18.2 Å². The van der Waals surface area contributed by atoms with Gasteiger partial charge in [0.1, 0.15) is 12.6 Å². The summed E-state index contributed by atoms with van der Waals surface area (Å²) in [4.78, 5) is 71.8. The van der Waals surface area contributed by atoms with Crippen LogP contribution in [0.15, 0.2) is 18.2 Å². The fraction of sp³-hybridized carbons (Fsp3) is 0.294. The number of rotatable bonds is 5. The monoisotopic (exact) mass is 388 g/mol. The quantitative estimate of drug-likeness (QED) is 0.469. The summed E-state index contributed by atoms with van der Waals surface area (Å²) in [5.41, 5.74) is 0.506. The summed E-state index contributed by atoms with van der Waals surface area (Å²) in [5, 5.41) is 15.2. The number of aliphatic carboxylic acids is 1. The number of carbonyl (C=O) groups excluding carboxylic acids is 5. The van der Waals surface area contributed by atoms with Gasteiger partial charge < -0.3 is 15.7 Å². The number of piperidine rings is 1. The van der Waals surface area contributed by atoms with Gasteiger partial charge in [-0.3, -0.25) is 34.2 Å². The van der Waals surface area contributed by atoms with Crippen LogP contribution in [-0.2, 0) is 20.9 Å². The predicted molar refractivity (Wildman–Crippen MR) is 91.0 cm³/mol. The number of urea groups is 1. The molecule has 1 atom stereocenters. The summed E-state index contributed by atoms with van der Waals surface area (Å²) in [7, 11) is 0. The first-order valence-corrected chi connectivity index (χ1v) is 8.36. The zero-order valence-corrected chi connectivity index (χ0v) is 14.5. The maximum atomic E-state index is 12.8. The molecular formula is C17H16N4O7. The molecule has 28 heavy (non-hydrogen) atoms. The van der Waals surface area contributed by atoms with Crippen LogP contribution in [0.3, 0.4) is 0 Å². The fourth-order valence-corrected chi connectivity index (χ4v) is 3.13. The third-order valence-electron chi connectivity index (χ3n) is 4.39. The van der Waals surface area contributed by atoms with Crippen LogP contribution >= 0.6 is 0 Å². The molecule has 11 heteroatoms. The molecule has 1 aromatic carbocycles. The lowest BCUT2D eigenvalue weighted by atomic mass is 10.0. The number of benzene rings is 1. The van der Waals surface area contributed by atoms with E-state index in [0.29, 0.717) is 5.56 Å². The van der Waals surface area contributed by atoms with Gasteiger partial charge in [0, 0.05) is 13.0 Å². The number of carboxylic acid groups (broad SMARTS) is 1. The Morgan fingerprint density at radius 3 is 2.57 bits per heavy atom. The number of carboxylic acids is 1. The van der Waals surface area contributed by atoms with Crippen molar-refractivity contribution in [1.29, 1.82) is 0 Å². The minimum absolute atomic E-state index is 0.0158. The minimum atomic E-state index is -1.21. The largest absolute Gasteiger partial charge is 0.480 e. The molecule has 0 aliphatic carbocycles. The number of imide groups is 2. The normalized spacial score (nSPS) is 18.6. The van der Waals surface area contributed by atoms with Crippen molar-refractivity contribution in [3.63, 3.8) is 0 Å². The van der Waals surface area contributed by atoms with Crippen molar-refractivity contribution in [1.82, 2.24) is 20.9 Å². The van der Waals surface area contributed by atoms with Crippen LogP contribution in [0, 0.1) is 0 Å². The molecule has 6 amide bonds. The SMILES string of the molecule is O=C(O)CNC(=O)NCc1cccc2c1C(=O)N(C1CCC(=O)NC1=O)C2=O. The van der Waals surface area contributed by atoms with E-state index in [1.54, 1.807) is 0 Å². The third kappa shape index (κ3) is 3.54. The lowest BCUT2D eigenvalue weighted by molar-refractivity contribution is -0.137. The van der Waals surface area contributed by atoms with Crippen molar-refractivity contribution in [2.24, 2.45) is 0 Å². The van der Waals surface area contributed by atoms with E-state index in [4.69, 9.17) is 5.11 Å².